The molecule has 2 amide bonds. The van der Waals surface area contributed by atoms with Crippen LogP contribution in [-0.4, -0.2) is 32.6 Å². The third-order valence-electron chi connectivity index (χ3n) is 6.48. The number of ether oxygens (including phenoxy) is 1. The van der Waals surface area contributed by atoms with Gasteiger partial charge >= 0.3 is 0 Å². The number of amides is 2. The monoisotopic (exact) mass is 530 g/mol. The normalized spacial score (nSPS) is 12.9. The van der Waals surface area contributed by atoms with Gasteiger partial charge in [-0.2, -0.15) is 0 Å². The second kappa shape index (κ2) is 12.6. The van der Waals surface area contributed by atoms with Crippen LogP contribution in [0, 0.1) is 0 Å². The lowest BCUT2D eigenvalue weighted by Crippen LogP contribution is -2.21. The summed E-state index contributed by atoms with van der Waals surface area (Å²) in [6, 6.07) is 10.6. The van der Waals surface area contributed by atoms with Crippen LogP contribution in [0.15, 0.2) is 41.3 Å². The summed E-state index contributed by atoms with van der Waals surface area (Å²) in [7, 11) is -1.94. The molecule has 2 aromatic carbocycles. The number of anilines is 1. The molecule has 0 bridgehead atoms. The van der Waals surface area contributed by atoms with Gasteiger partial charge in [-0.15, -0.1) is 0 Å². The van der Waals surface area contributed by atoms with Crippen LogP contribution in [0.4, 0.5) is 5.69 Å². The lowest BCUT2D eigenvalue weighted by atomic mass is 9.84. The number of rotatable bonds is 12. The number of primary amides is 1. The fourth-order valence-corrected chi connectivity index (χ4v) is 5.45. The molecule has 0 spiro atoms. The first-order chi connectivity index (χ1) is 17.2. The SMILES string of the molecule is CCCCC(CC(=O)Nc1cc(CC(N)=O)ccc1C(C)(C)C)c1ccc(S(=O)(=O)C(C)C)cc1OC. The highest BCUT2D eigenvalue weighted by Crippen LogP contribution is 2.36. The maximum atomic E-state index is 13.3. The van der Waals surface area contributed by atoms with Gasteiger partial charge in [0, 0.05) is 12.1 Å². The van der Waals surface area contributed by atoms with Gasteiger partial charge < -0.3 is 15.8 Å². The summed E-state index contributed by atoms with van der Waals surface area (Å²) in [6.45, 7) is 11.6. The molecule has 0 aliphatic carbocycles. The second-order valence-corrected chi connectivity index (χ2v) is 13.4. The fraction of sp³-hybridized carbons (Fsp3) is 0.517. The first-order valence-corrected chi connectivity index (χ1v) is 14.4. The number of hydrogen-bond donors (Lipinski definition) is 2. The van der Waals surface area contributed by atoms with Gasteiger partial charge in [0.05, 0.1) is 23.7 Å². The quantitative estimate of drug-likeness (QED) is 0.376. The molecule has 2 rings (SSSR count). The van der Waals surface area contributed by atoms with E-state index < -0.39 is 21.0 Å². The number of nitrogens with one attached hydrogen (secondary N) is 1. The van der Waals surface area contributed by atoms with E-state index in [0.717, 1.165) is 36.0 Å². The molecule has 37 heavy (non-hydrogen) atoms. The van der Waals surface area contributed by atoms with Crippen molar-refractivity contribution in [1.82, 2.24) is 0 Å². The van der Waals surface area contributed by atoms with Crippen LogP contribution in [0.2, 0.25) is 0 Å². The van der Waals surface area contributed by atoms with Gasteiger partial charge in [0.1, 0.15) is 5.75 Å². The Morgan fingerprint density at radius 3 is 2.30 bits per heavy atom. The number of hydrogen-bond acceptors (Lipinski definition) is 5. The Balaban J connectivity index is 2.41. The van der Waals surface area contributed by atoms with Crippen molar-refractivity contribution in [3.8, 4) is 5.75 Å². The Kier molecular flexibility index (Phi) is 10.3. The number of benzene rings is 2. The molecule has 0 saturated heterocycles. The Bertz CT molecular complexity index is 1210. The van der Waals surface area contributed by atoms with Crippen molar-refractivity contribution in [1.29, 1.82) is 0 Å². The average Bonchev–Trinajstić information content (AvgIpc) is 2.80. The summed E-state index contributed by atoms with van der Waals surface area (Å²) in [4.78, 5) is 25.0. The van der Waals surface area contributed by atoms with Gasteiger partial charge in [-0.25, -0.2) is 8.42 Å². The van der Waals surface area contributed by atoms with E-state index in [1.165, 1.54) is 7.11 Å². The van der Waals surface area contributed by atoms with Crippen LogP contribution in [0.25, 0.3) is 0 Å². The molecular weight excluding hydrogens is 488 g/mol. The van der Waals surface area contributed by atoms with Crippen LogP contribution >= 0.6 is 0 Å². The highest BCUT2D eigenvalue weighted by atomic mass is 32.2. The van der Waals surface area contributed by atoms with E-state index in [-0.39, 0.29) is 35.0 Å². The maximum Gasteiger partial charge on any atom is 0.224 e. The van der Waals surface area contributed by atoms with Crippen LogP contribution in [0.3, 0.4) is 0 Å². The number of carbonyl (C=O) groups excluding carboxylic acids is 2. The fourth-order valence-electron chi connectivity index (χ4n) is 4.38. The molecule has 7 nitrogen and oxygen atoms in total. The maximum absolute atomic E-state index is 13.3. The zero-order valence-corrected chi connectivity index (χ0v) is 24.0. The first-order valence-electron chi connectivity index (χ1n) is 12.8. The minimum atomic E-state index is -3.46. The molecule has 0 radical (unpaired) electrons. The molecule has 0 aliphatic heterocycles. The highest BCUT2D eigenvalue weighted by molar-refractivity contribution is 7.92. The van der Waals surface area contributed by atoms with Gasteiger partial charge in [0.25, 0.3) is 0 Å². The van der Waals surface area contributed by atoms with Gasteiger partial charge in [0.15, 0.2) is 9.84 Å². The van der Waals surface area contributed by atoms with E-state index in [1.807, 2.05) is 18.2 Å². The van der Waals surface area contributed by atoms with Crippen LogP contribution in [0.5, 0.6) is 5.75 Å². The molecule has 2 aromatic rings. The molecule has 8 heteroatoms. The Labute approximate surface area is 222 Å². The first kappa shape index (κ1) is 30.4. The molecule has 0 heterocycles. The zero-order valence-electron chi connectivity index (χ0n) is 23.2. The van der Waals surface area contributed by atoms with Crippen LogP contribution in [0.1, 0.15) is 89.8 Å². The Hall–Kier alpha value is -2.87. The number of methoxy groups -OCH3 is 1. The van der Waals surface area contributed by atoms with Crippen LogP contribution in [-0.2, 0) is 31.3 Å². The van der Waals surface area contributed by atoms with Crippen molar-refractivity contribution in [2.75, 3.05) is 12.4 Å². The van der Waals surface area contributed by atoms with E-state index in [2.05, 4.69) is 33.0 Å². The summed E-state index contributed by atoms with van der Waals surface area (Å²) < 4.78 is 31.0. The summed E-state index contributed by atoms with van der Waals surface area (Å²) in [5, 5.41) is 2.52. The van der Waals surface area contributed by atoms with Crippen molar-refractivity contribution in [2.24, 2.45) is 5.73 Å². The Morgan fingerprint density at radius 2 is 1.76 bits per heavy atom. The van der Waals surface area contributed by atoms with Crippen molar-refractivity contribution in [3.63, 3.8) is 0 Å². The predicted molar refractivity (Wildman–Crippen MR) is 149 cm³/mol. The van der Waals surface area contributed by atoms with E-state index in [0.29, 0.717) is 11.4 Å². The topological polar surface area (TPSA) is 116 Å². The number of carbonyl (C=O) groups is 2. The largest absolute Gasteiger partial charge is 0.496 e. The molecule has 0 fully saturated rings. The van der Waals surface area contributed by atoms with Crippen molar-refractivity contribution < 1.29 is 22.7 Å². The van der Waals surface area contributed by atoms with E-state index in [1.54, 1.807) is 32.0 Å². The molecule has 204 valence electrons. The molecule has 0 aliphatic rings. The molecule has 0 aromatic heterocycles. The van der Waals surface area contributed by atoms with Crippen molar-refractivity contribution in [2.45, 2.75) is 95.1 Å². The summed E-state index contributed by atoms with van der Waals surface area (Å²) in [5.74, 6) is -0.286. The molecule has 1 unspecified atom stereocenters. The second-order valence-electron chi connectivity index (χ2n) is 10.9. The average molecular weight is 531 g/mol. The lowest BCUT2D eigenvalue weighted by molar-refractivity contribution is -0.117. The smallest absolute Gasteiger partial charge is 0.224 e. The summed E-state index contributed by atoms with van der Waals surface area (Å²) in [6.07, 6.45) is 2.92. The molecule has 0 saturated carbocycles. The van der Waals surface area contributed by atoms with E-state index in [9.17, 15) is 18.0 Å². The minimum Gasteiger partial charge on any atom is -0.496 e. The third-order valence-corrected chi connectivity index (χ3v) is 8.63. The van der Waals surface area contributed by atoms with Crippen molar-refractivity contribution >= 4 is 27.3 Å². The van der Waals surface area contributed by atoms with Gasteiger partial charge in [0.2, 0.25) is 11.8 Å². The van der Waals surface area contributed by atoms with Gasteiger partial charge in [-0.05, 0) is 66.5 Å². The van der Waals surface area contributed by atoms with Crippen LogP contribution < -0.4 is 15.8 Å². The van der Waals surface area contributed by atoms with E-state index in [4.69, 9.17) is 10.5 Å². The van der Waals surface area contributed by atoms with E-state index >= 15 is 0 Å². The summed E-state index contributed by atoms with van der Waals surface area (Å²) >= 11 is 0. The number of nitrogens with two attached hydrogens (primary N) is 1. The summed E-state index contributed by atoms with van der Waals surface area (Å²) in [5.41, 5.74) is 8.33. The highest BCUT2D eigenvalue weighted by Gasteiger charge is 2.26. The predicted octanol–water partition coefficient (Wildman–Crippen LogP) is 5.51. The zero-order chi connectivity index (χ0) is 28.0. The van der Waals surface area contributed by atoms with Crippen molar-refractivity contribution in [3.05, 3.63) is 53.1 Å². The number of sulfone groups is 1. The lowest BCUT2D eigenvalue weighted by Gasteiger charge is -2.25. The number of unbranched alkanes of at least 4 members (excludes halogenated alkanes) is 1. The Morgan fingerprint density at radius 1 is 1.08 bits per heavy atom. The van der Waals surface area contributed by atoms with Gasteiger partial charge in [-0.3, -0.25) is 9.59 Å². The molecular formula is C29H42N2O5S. The third kappa shape index (κ3) is 8.06. The minimum absolute atomic E-state index is 0.0925. The molecule has 3 N–H and O–H groups in total. The molecule has 1 atom stereocenters. The van der Waals surface area contributed by atoms with Gasteiger partial charge in [-0.1, -0.05) is 58.7 Å². The standard InChI is InChI=1S/C29H42N2O5S/c1-8-9-10-21(23-13-12-22(18-26(23)36-7)37(34,35)19(2)3)17-28(33)31-25-15-20(16-27(30)32)11-14-24(25)29(4,5)6/h11-15,18-19,21H,8-10,16-17H2,1-7H3,(H2,30,32)(H,31,33).